The Labute approximate surface area is 85.5 Å². The predicted octanol–water partition coefficient (Wildman–Crippen LogP) is 2.56. The third-order valence-electron chi connectivity index (χ3n) is 1.51. The minimum atomic E-state index is -0.0277. The molecule has 0 bridgehead atoms. The Hall–Kier alpha value is -0.580. The molecule has 0 aliphatic heterocycles. The van der Waals surface area contributed by atoms with Crippen LogP contribution in [0.15, 0.2) is 18.2 Å². The molecule has 0 saturated heterocycles. The van der Waals surface area contributed by atoms with E-state index in [1.165, 1.54) is 6.92 Å². The van der Waals surface area contributed by atoms with Crippen LogP contribution in [0.1, 0.15) is 12.5 Å². The van der Waals surface area contributed by atoms with Gasteiger partial charge in [-0.1, -0.05) is 6.07 Å². The van der Waals surface area contributed by atoms with Crippen molar-refractivity contribution in [2.24, 2.45) is 0 Å². The zero-order valence-corrected chi connectivity index (χ0v) is 9.18. The van der Waals surface area contributed by atoms with Crippen LogP contribution in [-0.4, -0.2) is 5.91 Å². The molecule has 0 saturated carbocycles. The van der Waals surface area contributed by atoms with Gasteiger partial charge in [0.15, 0.2) is 0 Å². The summed E-state index contributed by atoms with van der Waals surface area (Å²) < 4.78 is 1.13. The molecule has 1 amide bonds. The van der Waals surface area contributed by atoms with E-state index in [2.05, 4.69) is 27.9 Å². The summed E-state index contributed by atoms with van der Waals surface area (Å²) in [5.41, 5.74) is 1.99. The van der Waals surface area contributed by atoms with E-state index in [0.717, 1.165) is 14.8 Å². The minimum absolute atomic E-state index is 0.0277. The fourth-order valence-electron chi connectivity index (χ4n) is 0.919. The van der Waals surface area contributed by atoms with Crippen molar-refractivity contribution in [2.75, 3.05) is 5.32 Å². The predicted molar refractivity (Wildman–Crippen MR) is 58.2 cm³/mol. The molecule has 64 valence electrons. The first-order valence-corrected chi connectivity index (χ1v) is 4.71. The van der Waals surface area contributed by atoms with Crippen LogP contribution in [0.4, 0.5) is 5.69 Å². The van der Waals surface area contributed by atoms with Crippen molar-refractivity contribution in [2.45, 2.75) is 13.8 Å². The van der Waals surface area contributed by atoms with Crippen LogP contribution < -0.4 is 5.32 Å². The second-order valence-electron chi connectivity index (χ2n) is 2.64. The fourth-order valence-corrected chi connectivity index (χ4v) is 1.41. The molecule has 3 heteroatoms. The van der Waals surface area contributed by atoms with Crippen LogP contribution in [0.25, 0.3) is 0 Å². The SMILES string of the molecule is CC(=O)Nc1cc(I)ccc1C. The highest BCUT2D eigenvalue weighted by Crippen LogP contribution is 2.17. The Kier molecular flexibility index (Phi) is 3.08. The summed E-state index contributed by atoms with van der Waals surface area (Å²) in [6, 6.07) is 5.96. The monoisotopic (exact) mass is 275 g/mol. The molecule has 0 unspecified atom stereocenters. The molecule has 0 heterocycles. The van der Waals surface area contributed by atoms with Crippen molar-refractivity contribution < 1.29 is 4.79 Å². The average molecular weight is 275 g/mol. The van der Waals surface area contributed by atoms with Crippen LogP contribution in [-0.2, 0) is 4.79 Å². The number of hydrogen-bond donors (Lipinski definition) is 1. The lowest BCUT2D eigenvalue weighted by molar-refractivity contribution is -0.114. The zero-order valence-electron chi connectivity index (χ0n) is 7.02. The first-order valence-electron chi connectivity index (χ1n) is 3.63. The van der Waals surface area contributed by atoms with Gasteiger partial charge < -0.3 is 5.32 Å². The summed E-state index contributed by atoms with van der Waals surface area (Å²) >= 11 is 2.22. The van der Waals surface area contributed by atoms with Crippen molar-refractivity contribution >= 4 is 34.2 Å². The Balaban J connectivity index is 2.97. The Morgan fingerprint density at radius 3 is 2.75 bits per heavy atom. The second-order valence-corrected chi connectivity index (χ2v) is 3.89. The number of amides is 1. The lowest BCUT2D eigenvalue weighted by atomic mass is 10.2. The van der Waals surface area contributed by atoms with Gasteiger partial charge in [-0.3, -0.25) is 4.79 Å². The van der Waals surface area contributed by atoms with Gasteiger partial charge in [-0.2, -0.15) is 0 Å². The minimum Gasteiger partial charge on any atom is -0.326 e. The first kappa shape index (κ1) is 9.51. The fraction of sp³-hybridized carbons (Fsp3) is 0.222. The molecule has 0 aliphatic rings. The molecule has 0 spiro atoms. The number of anilines is 1. The van der Waals surface area contributed by atoms with Crippen LogP contribution in [0.5, 0.6) is 0 Å². The lowest BCUT2D eigenvalue weighted by Crippen LogP contribution is -2.07. The zero-order chi connectivity index (χ0) is 9.14. The third-order valence-corrected chi connectivity index (χ3v) is 2.18. The molecule has 0 radical (unpaired) electrons. The maximum absolute atomic E-state index is 10.8. The number of benzene rings is 1. The molecule has 0 atom stereocenters. The van der Waals surface area contributed by atoms with E-state index in [1.54, 1.807) is 0 Å². The standard InChI is InChI=1S/C9H10INO/c1-6-3-4-8(10)5-9(6)11-7(2)12/h3-5H,1-2H3,(H,11,12). The number of carbonyl (C=O) groups excluding carboxylic acids is 1. The molecule has 12 heavy (non-hydrogen) atoms. The summed E-state index contributed by atoms with van der Waals surface area (Å²) in [7, 11) is 0. The normalized spacial score (nSPS) is 9.58. The number of aryl methyl sites for hydroxylation is 1. The number of hydrogen-bond acceptors (Lipinski definition) is 1. The topological polar surface area (TPSA) is 29.1 Å². The molecule has 0 aliphatic carbocycles. The third kappa shape index (κ3) is 2.48. The van der Waals surface area contributed by atoms with Gasteiger partial charge in [0.05, 0.1) is 0 Å². The van der Waals surface area contributed by atoms with Gasteiger partial charge >= 0.3 is 0 Å². The van der Waals surface area contributed by atoms with E-state index in [9.17, 15) is 4.79 Å². The van der Waals surface area contributed by atoms with Crippen molar-refractivity contribution in [3.8, 4) is 0 Å². The van der Waals surface area contributed by atoms with Gasteiger partial charge in [-0.15, -0.1) is 0 Å². The Morgan fingerprint density at radius 1 is 1.50 bits per heavy atom. The van der Waals surface area contributed by atoms with E-state index in [0.29, 0.717) is 0 Å². The first-order chi connectivity index (χ1) is 5.59. The van der Waals surface area contributed by atoms with Gasteiger partial charge in [0.2, 0.25) is 5.91 Å². The Morgan fingerprint density at radius 2 is 2.17 bits per heavy atom. The highest BCUT2D eigenvalue weighted by molar-refractivity contribution is 14.1. The molecular weight excluding hydrogens is 265 g/mol. The van der Waals surface area contributed by atoms with E-state index in [4.69, 9.17) is 0 Å². The highest BCUT2D eigenvalue weighted by atomic mass is 127. The average Bonchev–Trinajstić information content (AvgIpc) is 1.96. The number of halogens is 1. The van der Waals surface area contributed by atoms with Crippen molar-refractivity contribution in [3.05, 3.63) is 27.3 Å². The number of rotatable bonds is 1. The molecule has 1 rings (SSSR count). The molecule has 1 aromatic rings. The second kappa shape index (κ2) is 3.89. The van der Waals surface area contributed by atoms with Crippen LogP contribution in [0, 0.1) is 10.5 Å². The van der Waals surface area contributed by atoms with E-state index < -0.39 is 0 Å². The summed E-state index contributed by atoms with van der Waals surface area (Å²) in [5, 5.41) is 2.77. The van der Waals surface area contributed by atoms with Gasteiger partial charge in [-0.25, -0.2) is 0 Å². The smallest absolute Gasteiger partial charge is 0.221 e. The lowest BCUT2D eigenvalue weighted by Gasteiger charge is -2.05. The van der Waals surface area contributed by atoms with E-state index >= 15 is 0 Å². The molecule has 2 nitrogen and oxygen atoms in total. The number of carbonyl (C=O) groups is 1. The van der Waals surface area contributed by atoms with E-state index in [-0.39, 0.29) is 5.91 Å². The van der Waals surface area contributed by atoms with Gasteiger partial charge in [0.25, 0.3) is 0 Å². The van der Waals surface area contributed by atoms with Crippen molar-refractivity contribution in [1.82, 2.24) is 0 Å². The maximum atomic E-state index is 10.8. The molecule has 1 N–H and O–H groups in total. The highest BCUT2D eigenvalue weighted by Gasteiger charge is 1.99. The molecule has 0 fully saturated rings. The van der Waals surface area contributed by atoms with Gasteiger partial charge in [-0.05, 0) is 47.2 Å². The van der Waals surface area contributed by atoms with Crippen LogP contribution in [0.2, 0.25) is 0 Å². The van der Waals surface area contributed by atoms with Crippen LogP contribution in [0.3, 0.4) is 0 Å². The quantitative estimate of drug-likeness (QED) is 0.784. The molecule has 0 aromatic heterocycles. The van der Waals surface area contributed by atoms with E-state index in [1.807, 2.05) is 25.1 Å². The number of nitrogens with one attached hydrogen (secondary N) is 1. The van der Waals surface area contributed by atoms with Gasteiger partial charge in [0, 0.05) is 16.2 Å². The summed E-state index contributed by atoms with van der Waals surface area (Å²) in [6.07, 6.45) is 0. The molecule has 1 aromatic carbocycles. The summed E-state index contributed by atoms with van der Waals surface area (Å²) in [6.45, 7) is 3.49. The Bertz CT molecular complexity index is 309. The molecular formula is C9H10INO. The van der Waals surface area contributed by atoms with Crippen LogP contribution >= 0.6 is 22.6 Å². The largest absolute Gasteiger partial charge is 0.326 e. The maximum Gasteiger partial charge on any atom is 0.221 e. The van der Waals surface area contributed by atoms with Gasteiger partial charge in [0.1, 0.15) is 0 Å². The van der Waals surface area contributed by atoms with Crippen molar-refractivity contribution in [3.63, 3.8) is 0 Å². The summed E-state index contributed by atoms with van der Waals surface area (Å²) in [4.78, 5) is 10.8. The van der Waals surface area contributed by atoms with Crippen molar-refractivity contribution in [1.29, 1.82) is 0 Å². The summed E-state index contributed by atoms with van der Waals surface area (Å²) in [5.74, 6) is -0.0277.